The first-order valence-electron chi connectivity index (χ1n) is 6.69. The molecule has 0 heterocycles. The highest BCUT2D eigenvalue weighted by Crippen LogP contribution is 2.01. The first-order chi connectivity index (χ1) is 10.0. The van der Waals surface area contributed by atoms with Crippen LogP contribution < -0.4 is 5.32 Å². The molecule has 1 aromatic rings. The van der Waals surface area contributed by atoms with Crippen LogP contribution in [0.4, 0.5) is 4.79 Å². The molecule has 0 spiro atoms. The number of hydrogen-bond donors (Lipinski definition) is 1. The third kappa shape index (κ3) is 6.76. The van der Waals surface area contributed by atoms with Gasteiger partial charge in [0, 0.05) is 0 Å². The second-order valence-electron chi connectivity index (χ2n) is 4.66. The smallest absolute Gasteiger partial charge is 0.408 e. The Kier molecular flexibility index (Phi) is 7.25. The summed E-state index contributed by atoms with van der Waals surface area (Å²) in [6, 6.07) is 8.37. The molecule has 1 N–H and O–H groups in total. The molecule has 0 bridgehead atoms. The number of rotatable bonds is 7. The van der Waals surface area contributed by atoms with Gasteiger partial charge in [0.1, 0.15) is 6.61 Å². The summed E-state index contributed by atoms with van der Waals surface area (Å²) in [6.07, 6.45) is -0.749. The van der Waals surface area contributed by atoms with Crippen LogP contribution in [0.1, 0.15) is 19.4 Å². The van der Waals surface area contributed by atoms with Gasteiger partial charge in [-0.15, -0.1) is 0 Å². The molecule has 1 unspecified atom stereocenters. The number of methoxy groups -OCH3 is 1. The molecule has 1 amide bonds. The van der Waals surface area contributed by atoms with Crippen molar-refractivity contribution in [2.75, 3.05) is 13.7 Å². The Bertz CT molecular complexity index is 447. The number of amides is 1. The highest BCUT2D eigenvalue weighted by atomic mass is 16.6. The molecule has 21 heavy (non-hydrogen) atoms. The van der Waals surface area contributed by atoms with E-state index in [-0.39, 0.29) is 19.3 Å². The second-order valence-corrected chi connectivity index (χ2v) is 4.66. The zero-order chi connectivity index (χ0) is 15.7. The maximum atomic E-state index is 11.7. The first kappa shape index (κ1) is 17.0. The Labute approximate surface area is 124 Å². The van der Waals surface area contributed by atoms with Gasteiger partial charge >= 0.3 is 12.1 Å². The fraction of sp³-hybridized carbons (Fsp3) is 0.467. The summed E-state index contributed by atoms with van der Waals surface area (Å²) in [5.41, 5.74) is 0.862. The Hall–Kier alpha value is -2.08. The van der Waals surface area contributed by atoms with E-state index in [0.717, 1.165) is 5.56 Å². The molecule has 0 fully saturated rings. The summed E-state index contributed by atoms with van der Waals surface area (Å²) in [6.45, 7) is 3.83. The van der Waals surface area contributed by atoms with Gasteiger partial charge in [-0.05, 0) is 19.4 Å². The van der Waals surface area contributed by atoms with E-state index < -0.39 is 18.1 Å². The van der Waals surface area contributed by atoms with Crippen molar-refractivity contribution in [3.8, 4) is 0 Å². The molecular formula is C15H21NO5. The number of esters is 1. The lowest BCUT2D eigenvalue weighted by Crippen LogP contribution is -2.45. The number of hydrogen-bond acceptors (Lipinski definition) is 5. The average molecular weight is 295 g/mol. The zero-order valence-electron chi connectivity index (χ0n) is 12.5. The van der Waals surface area contributed by atoms with Gasteiger partial charge in [-0.2, -0.15) is 0 Å². The van der Waals surface area contributed by atoms with Crippen molar-refractivity contribution in [1.29, 1.82) is 0 Å². The lowest BCUT2D eigenvalue weighted by atomic mass is 10.2. The van der Waals surface area contributed by atoms with Crippen LogP contribution >= 0.6 is 0 Å². The van der Waals surface area contributed by atoms with Crippen molar-refractivity contribution >= 4 is 12.1 Å². The molecule has 0 aliphatic rings. The Morgan fingerprint density at radius 3 is 2.43 bits per heavy atom. The predicted molar refractivity (Wildman–Crippen MR) is 76.7 cm³/mol. The van der Waals surface area contributed by atoms with E-state index in [4.69, 9.17) is 9.47 Å². The number of carbonyl (C=O) groups excluding carboxylic acids is 2. The van der Waals surface area contributed by atoms with Gasteiger partial charge in [-0.1, -0.05) is 30.3 Å². The molecule has 0 aromatic heterocycles. The van der Waals surface area contributed by atoms with Crippen LogP contribution in [0, 0.1) is 0 Å². The molecule has 0 saturated carbocycles. The molecule has 0 radical (unpaired) electrons. The number of benzene rings is 1. The van der Waals surface area contributed by atoms with Crippen LogP contribution in [0.15, 0.2) is 30.3 Å². The van der Waals surface area contributed by atoms with Crippen LogP contribution in [0.25, 0.3) is 0 Å². The molecule has 1 aromatic carbocycles. The van der Waals surface area contributed by atoms with Crippen LogP contribution in [0.3, 0.4) is 0 Å². The van der Waals surface area contributed by atoms with Gasteiger partial charge in [0.2, 0.25) is 0 Å². The van der Waals surface area contributed by atoms with Crippen molar-refractivity contribution in [3.05, 3.63) is 35.9 Å². The van der Waals surface area contributed by atoms with Crippen molar-refractivity contribution in [3.63, 3.8) is 0 Å². The van der Waals surface area contributed by atoms with Crippen LogP contribution in [0.5, 0.6) is 0 Å². The molecule has 0 saturated heterocycles. The maximum Gasteiger partial charge on any atom is 0.408 e. The number of nitrogens with one attached hydrogen (secondary N) is 1. The van der Waals surface area contributed by atoms with E-state index in [1.54, 1.807) is 0 Å². The van der Waals surface area contributed by atoms with E-state index in [1.165, 1.54) is 7.11 Å². The lowest BCUT2D eigenvalue weighted by molar-refractivity contribution is -0.145. The van der Waals surface area contributed by atoms with Crippen molar-refractivity contribution in [2.24, 2.45) is 0 Å². The van der Waals surface area contributed by atoms with Crippen molar-refractivity contribution in [2.45, 2.75) is 32.6 Å². The summed E-state index contributed by atoms with van der Waals surface area (Å²) < 4.78 is 15.0. The first-order valence-corrected chi connectivity index (χ1v) is 6.69. The minimum atomic E-state index is -0.888. The fourth-order valence-corrected chi connectivity index (χ4v) is 1.51. The summed E-state index contributed by atoms with van der Waals surface area (Å²) in [5.74, 6) is -0.577. The van der Waals surface area contributed by atoms with Crippen LogP contribution in [0.2, 0.25) is 0 Å². The minimum absolute atomic E-state index is 0.0325. The van der Waals surface area contributed by atoms with Gasteiger partial charge < -0.3 is 19.5 Å². The largest absolute Gasteiger partial charge is 0.467 e. The predicted octanol–water partition coefficient (Wildman–Crippen LogP) is 1.88. The Morgan fingerprint density at radius 1 is 1.19 bits per heavy atom. The monoisotopic (exact) mass is 295 g/mol. The van der Waals surface area contributed by atoms with Crippen molar-refractivity contribution < 1.29 is 23.8 Å². The summed E-state index contributed by atoms with van der Waals surface area (Å²) in [5, 5.41) is 2.43. The summed E-state index contributed by atoms with van der Waals surface area (Å²) >= 11 is 0. The highest BCUT2D eigenvalue weighted by molar-refractivity contribution is 5.81. The lowest BCUT2D eigenvalue weighted by Gasteiger charge is -2.17. The number of alkyl carbamates (subject to hydrolysis) is 1. The number of ether oxygens (including phenoxy) is 3. The second kappa shape index (κ2) is 8.97. The van der Waals surface area contributed by atoms with E-state index >= 15 is 0 Å². The maximum absolute atomic E-state index is 11.7. The van der Waals surface area contributed by atoms with Crippen LogP contribution in [-0.4, -0.2) is 37.9 Å². The highest BCUT2D eigenvalue weighted by Gasteiger charge is 2.23. The summed E-state index contributed by atoms with van der Waals surface area (Å²) in [7, 11) is 1.25. The zero-order valence-corrected chi connectivity index (χ0v) is 12.5. The van der Waals surface area contributed by atoms with Gasteiger partial charge in [0.25, 0.3) is 0 Å². The molecule has 1 atom stereocenters. The van der Waals surface area contributed by atoms with E-state index in [1.807, 2.05) is 44.2 Å². The molecular weight excluding hydrogens is 274 g/mol. The molecule has 1 rings (SSSR count). The molecule has 6 heteroatoms. The van der Waals surface area contributed by atoms with Crippen LogP contribution in [-0.2, 0) is 25.6 Å². The van der Waals surface area contributed by atoms with Gasteiger partial charge in [-0.25, -0.2) is 9.59 Å². The van der Waals surface area contributed by atoms with E-state index in [0.29, 0.717) is 0 Å². The third-order valence-electron chi connectivity index (χ3n) is 2.59. The Morgan fingerprint density at radius 2 is 1.86 bits per heavy atom. The van der Waals surface area contributed by atoms with Gasteiger partial charge in [-0.3, -0.25) is 0 Å². The molecule has 116 valence electrons. The normalized spacial score (nSPS) is 11.8. The SMILES string of the molecule is COC(=O)C(COC(C)C)NC(=O)OCc1ccccc1. The summed E-state index contributed by atoms with van der Waals surface area (Å²) in [4.78, 5) is 23.3. The van der Waals surface area contributed by atoms with Gasteiger partial charge in [0.05, 0.1) is 19.8 Å². The van der Waals surface area contributed by atoms with E-state index in [9.17, 15) is 9.59 Å². The quantitative estimate of drug-likeness (QED) is 0.777. The molecule has 0 aliphatic carbocycles. The Balaban J connectivity index is 2.45. The third-order valence-corrected chi connectivity index (χ3v) is 2.59. The standard InChI is InChI=1S/C15H21NO5/c1-11(2)20-10-13(14(17)19-3)16-15(18)21-9-12-7-5-4-6-8-12/h4-8,11,13H,9-10H2,1-3H3,(H,16,18). The van der Waals surface area contributed by atoms with E-state index in [2.05, 4.69) is 10.1 Å². The fourth-order valence-electron chi connectivity index (χ4n) is 1.51. The molecule has 6 nitrogen and oxygen atoms in total. The molecule has 0 aliphatic heterocycles. The number of carbonyl (C=O) groups is 2. The average Bonchev–Trinajstić information content (AvgIpc) is 2.49. The van der Waals surface area contributed by atoms with Gasteiger partial charge in [0.15, 0.2) is 6.04 Å². The topological polar surface area (TPSA) is 73.9 Å². The minimum Gasteiger partial charge on any atom is -0.467 e. The van der Waals surface area contributed by atoms with Crippen molar-refractivity contribution in [1.82, 2.24) is 5.32 Å².